The van der Waals surface area contributed by atoms with Crippen molar-refractivity contribution in [1.29, 1.82) is 0 Å². The molecule has 20 heavy (non-hydrogen) atoms. The zero-order valence-electron chi connectivity index (χ0n) is 11.7. The minimum Gasteiger partial charge on any atom is -0.409 e. The molecule has 0 spiro atoms. The summed E-state index contributed by atoms with van der Waals surface area (Å²) >= 11 is 0. The maximum atomic E-state index is 8.87. The van der Waals surface area contributed by atoms with Crippen LogP contribution < -0.4 is 5.73 Å². The molecule has 0 unspecified atom stereocenters. The Kier molecular flexibility index (Phi) is 3.87. The highest BCUT2D eigenvalue weighted by atomic mass is 16.4. The summed E-state index contributed by atoms with van der Waals surface area (Å²) in [7, 11) is 0. The second-order valence-corrected chi connectivity index (χ2v) is 6.08. The number of hydrogen-bond donors (Lipinski definition) is 2. The van der Waals surface area contributed by atoms with Gasteiger partial charge < -0.3 is 10.9 Å². The minimum atomic E-state index is 0.0957. The van der Waals surface area contributed by atoms with Gasteiger partial charge in [-0.1, -0.05) is 11.2 Å². The van der Waals surface area contributed by atoms with Gasteiger partial charge >= 0.3 is 0 Å². The third kappa shape index (κ3) is 3.48. The first-order valence-electron chi connectivity index (χ1n) is 7.40. The molecule has 2 saturated carbocycles. The molecule has 0 amide bonds. The van der Waals surface area contributed by atoms with Crippen LogP contribution in [0.2, 0.25) is 0 Å². The predicted octanol–water partition coefficient (Wildman–Crippen LogP) is 1.80. The molecule has 0 aliphatic heterocycles. The number of pyridine rings is 1. The number of hydrogen-bond acceptors (Lipinski definition) is 4. The van der Waals surface area contributed by atoms with Crippen molar-refractivity contribution in [2.45, 2.75) is 32.2 Å². The summed E-state index contributed by atoms with van der Waals surface area (Å²) in [4.78, 5) is 6.76. The maximum absolute atomic E-state index is 8.87. The molecule has 2 fully saturated rings. The highest BCUT2D eigenvalue weighted by Gasteiger charge is 2.29. The van der Waals surface area contributed by atoms with Gasteiger partial charge in [0.2, 0.25) is 0 Å². The summed E-state index contributed by atoms with van der Waals surface area (Å²) in [5.41, 5.74) is 7.37. The van der Waals surface area contributed by atoms with Gasteiger partial charge in [-0.25, -0.2) is 0 Å². The van der Waals surface area contributed by atoms with E-state index in [1.165, 1.54) is 38.8 Å². The van der Waals surface area contributed by atoms with E-state index in [4.69, 9.17) is 10.9 Å². The van der Waals surface area contributed by atoms with Crippen LogP contribution in [0, 0.1) is 11.8 Å². The van der Waals surface area contributed by atoms with Crippen molar-refractivity contribution < 1.29 is 5.21 Å². The SMILES string of the molecule is NC(=NO)c1ncccc1CN(CC1CC1)CC1CC1. The zero-order chi connectivity index (χ0) is 13.9. The standard InChI is InChI=1S/C15H22N4O/c16-15(18-20)14-13(2-1-7-17-14)10-19(8-11-3-4-11)9-12-5-6-12/h1-2,7,11-12,20H,3-6,8-10H2,(H2,16,18). The molecule has 0 aromatic carbocycles. The first kappa shape index (κ1) is 13.4. The monoisotopic (exact) mass is 274 g/mol. The molecule has 5 nitrogen and oxygen atoms in total. The van der Waals surface area contributed by atoms with E-state index in [2.05, 4.69) is 15.0 Å². The largest absolute Gasteiger partial charge is 0.409 e. The molecular formula is C15H22N4O. The lowest BCUT2D eigenvalue weighted by atomic mass is 10.1. The van der Waals surface area contributed by atoms with E-state index in [-0.39, 0.29) is 5.84 Å². The lowest BCUT2D eigenvalue weighted by molar-refractivity contribution is 0.244. The Hall–Kier alpha value is -1.62. The highest BCUT2D eigenvalue weighted by molar-refractivity contribution is 5.96. The van der Waals surface area contributed by atoms with Gasteiger partial charge in [0.05, 0.1) is 0 Å². The molecule has 1 aromatic rings. The molecule has 2 aliphatic rings. The van der Waals surface area contributed by atoms with Crippen molar-refractivity contribution in [2.24, 2.45) is 22.7 Å². The first-order valence-corrected chi connectivity index (χ1v) is 7.40. The van der Waals surface area contributed by atoms with E-state index in [1.54, 1.807) is 6.20 Å². The van der Waals surface area contributed by atoms with Crippen LogP contribution in [0.4, 0.5) is 0 Å². The zero-order valence-corrected chi connectivity index (χ0v) is 11.7. The van der Waals surface area contributed by atoms with Crippen molar-refractivity contribution in [1.82, 2.24) is 9.88 Å². The van der Waals surface area contributed by atoms with E-state index in [0.29, 0.717) is 5.69 Å². The molecule has 3 N–H and O–H groups in total. The molecule has 1 aromatic heterocycles. The molecule has 3 rings (SSSR count). The summed E-state index contributed by atoms with van der Waals surface area (Å²) in [6, 6.07) is 3.93. The third-order valence-corrected chi connectivity index (χ3v) is 4.06. The normalized spacial score (nSPS) is 19.6. The number of nitrogens with two attached hydrogens (primary N) is 1. The number of nitrogens with zero attached hydrogens (tertiary/aromatic N) is 3. The van der Waals surface area contributed by atoms with E-state index < -0.39 is 0 Å². The molecule has 1 heterocycles. The van der Waals surface area contributed by atoms with Gasteiger partial charge in [-0.05, 0) is 49.1 Å². The quantitative estimate of drug-likeness (QED) is 0.344. The van der Waals surface area contributed by atoms with Crippen LogP contribution in [-0.4, -0.2) is 34.0 Å². The molecular weight excluding hydrogens is 252 g/mol. The van der Waals surface area contributed by atoms with E-state index in [0.717, 1.165) is 23.9 Å². The predicted molar refractivity (Wildman–Crippen MR) is 77.5 cm³/mol. The average molecular weight is 274 g/mol. The lowest BCUT2D eigenvalue weighted by Gasteiger charge is -2.23. The van der Waals surface area contributed by atoms with E-state index in [9.17, 15) is 0 Å². The van der Waals surface area contributed by atoms with Crippen molar-refractivity contribution in [2.75, 3.05) is 13.1 Å². The van der Waals surface area contributed by atoms with Crippen molar-refractivity contribution >= 4 is 5.84 Å². The molecule has 2 aliphatic carbocycles. The van der Waals surface area contributed by atoms with Crippen LogP contribution in [0.3, 0.4) is 0 Å². The maximum Gasteiger partial charge on any atom is 0.189 e. The Morgan fingerprint density at radius 1 is 1.30 bits per heavy atom. The second-order valence-electron chi connectivity index (χ2n) is 6.08. The topological polar surface area (TPSA) is 74.7 Å². The van der Waals surface area contributed by atoms with Gasteiger partial charge in [0.15, 0.2) is 5.84 Å². The van der Waals surface area contributed by atoms with Crippen molar-refractivity contribution in [3.05, 3.63) is 29.6 Å². The number of amidine groups is 1. The molecule has 0 saturated heterocycles. The van der Waals surface area contributed by atoms with Gasteiger partial charge in [0.1, 0.15) is 5.69 Å². The van der Waals surface area contributed by atoms with Crippen LogP contribution in [-0.2, 0) is 6.54 Å². The fourth-order valence-electron chi connectivity index (χ4n) is 2.62. The Morgan fingerprint density at radius 3 is 2.50 bits per heavy atom. The van der Waals surface area contributed by atoms with Gasteiger partial charge in [-0.2, -0.15) is 0 Å². The summed E-state index contributed by atoms with van der Waals surface area (Å²) in [6.07, 6.45) is 7.13. The van der Waals surface area contributed by atoms with Gasteiger partial charge in [-0.15, -0.1) is 0 Å². The lowest BCUT2D eigenvalue weighted by Crippen LogP contribution is -2.29. The molecule has 0 radical (unpaired) electrons. The highest BCUT2D eigenvalue weighted by Crippen LogP contribution is 2.34. The minimum absolute atomic E-state index is 0.0957. The Labute approximate surface area is 119 Å². The number of oxime groups is 1. The van der Waals surface area contributed by atoms with E-state index in [1.807, 2.05) is 12.1 Å². The summed E-state index contributed by atoms with van der Waals surface area (Å²) < 4.78 is 0. The van der Waals surface area contributed by atoms with Gasteiger partial charge in [0, 0.05) is 25.8 Å². The van der Waals surface area contributed by atoms with Crippen molar-refractivity contribution in [3.8, 4) is 0 Å². The average Bonchev–Trinajstić information content (AvgIpc) is 3.35. The second kappa shape index (κ2) is 5.79. The number of rotatable bonds is 7. The Balaban J connectivity index is 1.72. The van der Waals surface area contributed by atoms with Crippen molar-refractivity contribution in [3.63, 3.8) is 0 Å². The van der Waals surface area contributed by atoms with Crippen LogP contribution in [0.5, 0.6) is 0 Å². The molecule has 0 bridgehead atoms. The molecule has 0 atom stereocenters. The summed E-state index contributed by atoms with van der Waals surface area (Å²) in [6.45, 7) is 3.18. The fourth-order valence-corrected chi connectivity index (χ4v) is 2.62. The summed E-state index contributed by atoms with van der Waals surface area (Å²) in [5, 5.41) is 12.0. The fraction of sp³-hybridized carbons (Fsp3) is 0.600. The third-order valence-electron chi connectivity index (χ3n) is 4.06. The smallest absolute Gasteiger partial charge is 0.189 e. The van der Waals surface area contributed by atoms with Gasteiger partial charge in [-0.3, -0.25) is 9.88 Å². The van der Waals surface area contributed by atoms with Gasteiger partial charge in [0.25, 0.3) is 0 Å². The van der Waals surface area contributed by atoms with Crippen LogP contribution in [0.25, 0.3) is 0 Å². The Morgan fingerprint density at radius 2 is 1.95 bits per heavy atom. The summed E-state index contributed by atoms with van der Waals surface area (Å²) in [5.74, 6) is 1.84. The first-order chi connectivity index (χ1) is 9.76. The van der Waals surface area contributed by atoms with Crippen LogP contribution in [0.1, 0.15) is 36.9 Å². The van der Waals surface area contributed by atoms with E-state index >= 15 is 0 Å². The van der Waals surface area contributed by atoms with Crippen LogP contribution in [0.15, 0.2) is 23.5 Å². The molecule has 5 heteroatoms. The Bertz CT molecular complexity index is 480. The molecule has 108 valence electrons. The van der Waals surface area contributed by atoms with Crippen LogP contribution >= 0.6 is 0 Å². The number of aromatic nitrogens is 1.